The number of aliphatic hydroxyl groups excluding tert-OH is 6. The summed E-state index contributed by atoms with van der Waals surface area (Å²) in [4.78, 5) is 62.3. The van der Waals surface area contributed by atoms with E-state index in [2.05, 4.69) is 91.7 Å². The van der Waals surface area contributed by atoms with Crippen LogP contribution in [0.5, 0.6) is 0 Å². The van der Waals surface area contributed by atoms with E-state index in [1.807, 2.05) is 84.9 Å². The van der Waals surface area contributed by atoms with E-state index in [1.54, 1.807) is 12.1 Å². The number of hydrogen-bond acceptors (Lipinski definition) is 16. The van der Waals surface area contributed by atoms with Crippen LogP contribution in [0.25, 0.3) is 0 Å². The van der Waals surface area contributed by atoms with Gasteiger partial charge in [0.25, 0.3) is 0 Å². The summed E-state index contributed by atoms with van der Waals surface area (Å²) in [6.07, 6.45) is 0. The topological polar surface area (TPSA) is 376 Å². The largest absolute Gasteiger partial charge is 0.478 e. The van der Waals surface area contributed by atoms with Crippen molar-refractivity contribution in [1.82, 2.24) is 0 Å². The summed E-state index contributed by atoms with van der Waals surface area (Å²) in [7, 11) is -15.3. The van der Waals surface area contributed by atoms with E-state index in [0.717, 1.165) is 22.3 Å². The predicted molar refractivity (Wildman–Crippen MR) is 283 cm³/mol. The molecule has 4 aromatic rings. The van der Waals surface area contributed by atoms with Crippen LogP contribution in [0.2, 0.25) is 0 Å². The summed E-state index contributed by atoms with van der Waals surface area (Å²) in [5, 5.41) is 86.3. The first-order valence-electron chi connectivity index (χ1n) is 23.0. The number of phosphoric acid groups is 2. The van der Waals surface area contributed by atoms with E-state index in [9.17, 15) is 50.0 Å². The van der Waals surface area contributed by atoms with Gasteiger partial charge in [0, 0.05) is 0 Å². The van der Waals surface area contributed by atoms with E-state index < -0.39 is 94.5 Å². The fourth-order valence-electron chi connectivity index (χ4n) is 8.01. The zero-order chi connectivity index (χ0) is 57.7. The maximum Gasteiger partial charge on any atom is 0.478 e. The van der Waals surface area contributed by atoms with Gasteiger partial charge in [-0.05, 0) is 66.2 Å². The molecule has 4 aromatic carbocycles. The van der Waals surface area contributed by atoms with Crippen molar-refractivity contribution in [2.24, 2.45) is 10.8 Å². The zero-order valence-corrected chi connectivity index (χ0v) is 47.6. The van der Waals surface area contributed by atoms with Gasteiger partial charge in [0.2, 0.25) is 0 Å². The van der Waals surface area contributed by atoms with Crippen molar-refractivity contribution >= 4 is 32.9 Å². The summed E-state index contributed by atoms with van der Waals surface area (Å²) in [5.41, 5.74) is -1.55. The third kappa shape index (κ3) is 18.3. The second kappa shape index (κ2) is 27.4. The van der Waals surface area contributed by atoms with Crippen molar-refractivity contribution in [3.8, 4) is 0 Å². The molecule has 0 saturated carbocycles. The van der Waals surface area contributed by atoms with Gasteiger partial charge < -0.3 is 80.0 Å². The Labute approximate surface area is 437 Å². The lowest BCUT2D eigenvalue weighted by atomic mass is 9.61. The van der Waals surface area contributed by atoms with Crippen LogP contribution in [-0.4, -0.2) is 120 Å². The molecular weight excluding hydrogens is 1040 g/mol. The molecule has 4 rings (SSSR count). The van der Waals surface area contributed by atoms with E-state index in [-0.39, 0.29) is 21.7 Å². The zero-order valence-electron chi connectivity index (χ0n) is 44.1. The Kier molecular flexibility index (Phi) is 25.7. The Balaban J connectivity index is 0.000000572. The van der Waals surface area contributed by atoms with E-state index >= 15 is 0 Å². The molecule has 0 spiro atoms. The van der Waals surface area contributed by atoms with E-state index in [4.69, 9.17) is 39.1 Å². The molecule has 0 aliphatic carbocycles. The van der Waals surface area contributed by atoms with Gasteiger partial charge in [-0.25, -0.2) is 13.4 Å². The maximum absolute atomic E-state index is 12.5. The fraction of sp³-hybridized carbons (Fsp3) is 0.520. The van der Waals surface area contributed by atoms with Crippen molar-refractivity contribution in [2.75, 3.05) is 39.6 Å². The lowest BCUT2D eigenvalue weighted by Crippen LogP contribution is -2.55. The van der Waals surface area contributed by atoms with Crippen molar-refractivity contribution < 1.29 is 97.8 Å². The summed E-state index contributed by atoms with van der Waals surface area (Å²) >= 11 is 0. The van der Waals surface area contributed by atoms with Gasteiger partial charge in [-0.15, -0.1) is 0 Å². The van der Waals surface area contributed by atoms with Crippen LogP contribution in [0.1, 0.15) is 128 Å². The minimum absolute atomic E-state index is 0.148. The number of rotatable bonds is 16. The smallest absolute Gasteiger partial charge is 0.395 e. The Bertz CT molecular complexity index is 2280. The van der Waals surface area contributed by atoms with Gasteiger partial charge in [0.05, 0.1) is 50.5 Å². The molecule has 0 saturated heterocycles. The van der Waals surface area contributed by atoms with Gasteiger partial charge >= 0.3 is 32.9 Å². The molecule has 0 bridgehead atoms. The van der Waals surface area contributed by atoms with Gasteiger partial charge in [-0.3, -0.25) is 0 Å². The normalized spacial score (nSPS) is 13.4. The Morgan fingerprint density at radius 1 is 0.392 bits per heavy atom. The van der Waals surface area contributed by atoms with E-state index in [0.29, 0.717) is 22.3 Å². The van der Waals surface area contributed by atoms with Crippen LogP contribution in [0.15, 0.2) is 97.1 Å². The second-order valence-corrected chi connectivity index (χ2v) is 26.1. The molecule has 420 valence electrons. The van der Waals surface area contributed by atoms with Crippen molar-refractivity contribution in [3.05, 3.63) is 142 Å². The third-order valence-corrected chi connectivity index (χ3v) is 15.1. The molecule has 0 aliphatic heterocycles. The highest BCUT2D eigenvalue weighted by Gasteiger charge is 2.55. The van der Waals surface area contributed by atoms with Crippen molar-refractivity contribution in [2.45, 2.75) is 116 Å². The first-order valence-corrected chi connectivity index (χ1v) is 28.3. The lowest BCUT2D eigenvalue weighted by Gasteiger charge is -2.48. The van der Waals surface area contributed by atoms with Crippen LogP contribution in [0.4, 0.5) is 0 Å². The molecule has 0 heterocycles. The molecule has 0 atom stereocenters. The monoisotopic (exact) mass is 1120 g/mol. The van der Waals surface area contributed by atoms with Gasteiger partial charge in [-0.1, -0.05) is 180 Å². The quantitative estimate of drug-likeness (QED) is 0.0609. The SMILES string of the molecule is CC(C)(C)c1cccc(C(O)(c2cccc(C(C)(C)C)c2)C(CO)(CO)CO)c1.CC(C)(C)c1ccccc1C(O)(c1ccccc1C(C)(C)C)C(CO)(CO)CO.O=P(O)(O)OP(=O)(O)O.OP(O)OP(O)O. The molecule has 0 fully saturated rings. The summed E-state index contributed by atoms with van der Waals surface area (Å²) in [6.45, 7) is 21.4. The molecule has 20 nitrogen and oxygen atoms in total. The molecule has 74 heavy (non-hydrogen) atoms. The molecule has 0 aromatic heterocycles. The van der Waals surface area contributed by atoms with Crippen LogP contribution in [0, 0.1) is 10.8 Å². The number of aliphatic hydroxyl groups is 8. The second-order valence-electron chi connectivity index (χ2n) is 21.8. The Morgan fingerprint density at radius 2 is 0.649 bits per heavy atom. The van der Waals surface area contributed by atoms with Gasteiger partial charge in [0.15, 0.2) is 0 Å². The minimum atomic E-state index is -5.05. The predicted octanol–water partition coefficient (Wildman–Crippen LogP) is 5.58. The molecule has 16 N–H and O–H groups in total. The van der Waals surface area contributed by atoms with Crippen LogP contribution in [0.3, 0.4) is 0 Å². The Hall–Kier alpha value is -2.52. The van der Waals surface area contributed by atoms with Crippen LogP contribution in [-0.2, 0) is 50.6 Å². The number of benzene rings is 4. The summed E-state index contributed by atoms with van der Waals surface area (Å²) in [5.74, 6) is 0. The fourth-order valence-corrected chi connectivity index (χ4v) is 9.64. The van der Waals surface area contributed by atoms with Crippen molar-refractivity contribution in [1.29, 1.82) is 0 Å². The average Bonchev–Trinajstić information content (AvgIpc) is 3.28. The van der Waals surface area contributed by atoms with Gasteiger partial charge in [-0.2, -0.15) is 4.31 Å². The molecular formula is C50H80O20P4. The van der Waals surface area contributed by atoms with Crippen LogP contribution >= 0.6 is 32.9 Å². The average molecular weight is 1130 g/mol. The lowest BCUT2D eigenvalue weighted by molar-refractivity contribution is -0.137. The molecule has 0 amide bonds. The first-order chi connectivity index (χ1) is 33.6. The molecule has 24 heteroatoms. The van der Waals surface area contributed by atoms with Gasteiger partial charge in [0.1, 0.15) is 11.2 Å². The summed E-state index contributed by atoms with van der Waals surface area (Å²) < 4.78 is 25.8. The highest BCUT2D eigenvalue weighted by molar-refractivity contribution is 7.60. The summed E-state index contributed by atoms with van der Waals surface area (Å²) in [6, 6.07) is 30.2. The molecule has 0 aliphatic rings. The van der Waals surface area contributed by atoms with E-state index in [1.165, 1.54) is 0 Å². The highest BCUT2D eigenvalue weighted by atomic mass is 31.3. The maximum atomic E-state index is 12.5. The number of hydrogen-bond donors (Lipinski definition) is 16. The first kappa shape index (κ1) is 69.5. The van der Waals surface area contributed by atoms with Crippen LogP contribution < -0.4 is 0 Å². The molecule has 0 unspecified atom stereocenters. The van der Waals surface area contributed by atoms with Crippen molar-refractivity contribution in [3.63, 3.8) is 0 Å². The highest BCUT2D eigenvalue weighted by Crippen LogP contribution is 2.54. The third-order valence-electron chi connectivity index (χ3n) is 12.3. The molecule has 0 radical (unpaired) electrons. The standard InChI is InChI=1S/2C25H36O4.H4O7P2.H4O5P2/c1-22(2,3)18-9-7-11-20(13-18)25(29,24(15-26,16-27)17-28)21-12-8-10-19(14-21)23(4,5)6;1-22(2,3)18-11-7-9-13-20(18)25(29,24(15-26,16-27)17-28)21-14-10-8-12-19(21)23(4,5)6;1-8(2,3)7-9(4,5)6;1-6(2)5-7(3)4/h2*7-14,26-29H,15-17H2,1-6H3;(H2,1,2,3)(H2,4,5,6);1-4H. The Morgan fingerprint density at radius 3 is 0.851 bits per heavy atom. The minimum Gasteiger partial charge on any atom is -0.395 e.